The van der Waals surface area contributed by atoms with Crippen molar-refractivity contribution in [2.24, 2.45) is 0 Å². The lowest BCUT2D eigenvalue weighted by Crippen LogP contribution is -2.26. The van der Waals surface area contributed by atoms with Crippen molar-refractivity contribution in [3.63, 3.8) is 0 Å². The molecule has 2 rings (SSSR count). The Morgan fingerprint density at radius 1 is 0.905 bits per heavy atom. The predicted molar refractivity (Wildman–Crippen MR) is 88.4 cm³/mol. The van der Waals surface area contributed by atoms with Gasteiger partial charge < -0.3 is 10.1 Å². The van der Waals surface area contributed by atoms with E-state index in [9.17, 15) is 0 Å². The molecular weight excluding hydrogens is 258 g/mol. The summed E-state index contributed by atoms with van der Waals surface area (Å²) in [4.78, 5) is 0. The lowest BCUT2D eigenvalue weighted by Gasteiger charge is -2.27. The van der Waals surface area contributed by atoms with Crippen LogP contribution in [-0.2, 0) is 11.2 Å². The molecule has 0 aliphatic carbocycles. The van der Waals surface area contributed by atoms with Crippen molar-refractivity contribution in [1.82, 2.24) is 5.32 Å². The predicted octanol–water partition coefficient (Wildman–Crippen LogP) is 4.29. The maximum atomic E-state index is 6.03. The molecule has 2 heteroatoms. The summed E-state index contributed by atoms with van der Waals surface area (Å²) in [6.45, 7) is 4.92. The summed E-state index contributed by atoms with van der Waals surface area (Å²) >= 11 is 0. The van der Waals surface area contributed by atoms with Gasteiger partial charge in [0.15, 0.2) is 0 Å². The molecule has 21 heavy (non-hydrogen) atoms. The van der Waals surface area contributed by atoms with Crippen LogP contribution in [-0.4, -0.2) is 13.7 Å². The SMILES string of the molecule is CCOC(c1ccccc1)C(NC)c1ccc(CC)cc1. The molecule has 0 amide bonds. The lowest BCUT2D eigenvalue weighted by molar-refractivity contribution is 0.0347. The van der Waals surface area contributed by atoms with E-state index in [0.717, 1.165) is 6.42 Å². The first kappa shape index (κ1) is 15.7. The minimum atomic E-state index is 0.0219. The highest BCUT2D eigenvalue weighted by atomic mass is 16.5. The second-order valence-electron chi connectivity index (χ2n) is 5.15. The molecule has 2 aromatic rings. The van der Waals surface area contributed by atoms with Crippen LogP contribution in [0.1, 0.15) is 42.7 Å². The van der Waals surface area contributed by atoms with Gasteiger partial charge in [0, 0.05) is 6.61 Å². The van der Waals surface area contributed by atoms with Crippen LogP contribution in [0.2, 0.25) is 0 Å². The molecule has 2 nitrogen and oxygen atoms in total. The van der Waals surface area contributed by atoms with Crippen molar-refractivity contribution in [2.75, 3.05) is 13.7 Å². The molecule has 2 unspecified atom stereocenters. The number of ether oxygens (including phenoxy) is 1. The maximum absolute atomic E-state index is 6.03. The second-order valence-corrected chi connectivity index (χ2v) is 5.15. The van der Waals surface area contributed by atoms with E-state index in [2.05, 4.69) is 60.8 Å². The Hall–Kier alpha value is -1.64. The van der Waals surface area contributed by atoms with Crippen LogP contribution in [0.5, 0.6) is 0 Å². The van der Waals surface area contributed by atoms with E-state index in [1.807, 2.05) is 20.0 Å². The Balaban J connectivity index is 2.30. The number of benzene rings is 2. The second kappa shape index (κ2) is 7.96. The van der Waals surface area contributed by atoms with Crippen molar-refractivity contribution in [2.45, 2.75) is 32.4 Å². The topological polar surface area (TPSA) is 21.3 Å². The molecule has 2 atom stereocenters. The van der Waals surface area contributed by atoms with Gasteiger partial charge in [-0.05, 0) is 37.1 Å². The first-order valence-electron chi connectivity index (χ1n) is 7.72. The van der Waals surface area contributed by atoms with Crippen LogP contribution in [0.25, 0.3) is 0 Å². The number of likely N-dealkylation sites (N-methyl/N-ethyl adjacent to an activating group) is 1. The molecule has 0 bridgehead atoms. The minimum absolute atomic E-state index is 0.0219. The summed E-state index contributed by atoms with van der Waals surface area (Å²) in [6, 6.07) is 19.4. The molecule has 0 aliphatic heterocycles. The van der Waals surface area contributed by atoms with Gasteiger partial charge in [0.05, 0.1) is 6.04 Å². The van der Waals surface area contributed by atoms with Gasteiger partial charge >= 0.3 is 0 Å². The van der Waals surface area contributed by atoms with Gasteiger partial charge in [0.25, 0.3) is 0 Å². The van der Waals surface area contributed by atoms with Crippen LogP contribution in [0.15, 0.2) is 54.6 Å². The third-order valence-corrected chi connectivity index (χ3v) is 3.84. The number of nitrogens with one attached hydrogen (secondary N) is 1. The van der Waals surface area contributed by atoms with Gasteiger partial charge in [-0.3, -0.25) is 0 Å². The van der Waals surface area contributed by atoms with Gasteiger partial charge in [0.2, 0.25) is 0 Å². The molecule has 0 heterocycles. The maximum Gasteiger partial charge on any atom is 0.102 e. The van der Waals surface area contributed by atoms with Gasteiger partial charge in [-0.1, -0.05) is 61.5 Å². The van der Waals surface area contributed by atoms with Gasteiger partial charge in [-0.15, -0.1) is 0 Å². The first-order valence-corrected chi connectivity index (χ1v) is 7.72. The fourth-order valence-corrected chi connectivity index (χ4v) is 2.66. The van der Waals surface area contributed by atoms with Gasteiger partial charge in [0.1, 0.15) is 6.10 Å². The quantitative estimate of drug-likeness (QED) is 0.818. The average molecular weight is 283 g/mol. The molecule has 0 fully saturated rings. The van der Waals surface area contributed by atoms with E-state index < -0.39 is 0 Å². The number of rotatable bonds is 7. The first-order chi connectivity index (χ1) is 10.3. The zero-order valence-corrected chi connectivity index (χ0v) is 13.2. The third kappa shape index (κ3) is 3.93. The molecule has 0 saturated carbocycles. The minimum Gasteiger partial charge on any atom is -0.372 e. The highest BCUT2D eigenvalue weighted by molar-refractivity contribution is 5.29. The normalized spacial score (nSPS) is 13.9. The van der Waals surface area contributed by atoms with Crippen LogP contribution in [0.4, 0.5) is 0 Å². The molecule has 0 aromatic heterocycles. The van der Waals surface area contributed by atoms with E-state index in [1.165, 1.54) is 16.7 Å². The zero-order chi connectivity index (χ0) is 15.1. The fourth-order valence-electron chi connectivity index (χ4n) is 2.66. The van der Waals surface area contributed by atoms with Gasteiger partial charge in [-0.2, -0.15) is 0 Å². The molecule has 0 spiro atoms. The van der Waals surface area contributed by atoms with Crippen molar-refractivity contribution < 1.29 is 4.74 Å². The average Bonchev–Trinajstić information content (AvgIpc) is 2.56. The highest BCUT2D eigenvalue weighted by Crippen LogP contribution is 2.32. The number of aryl methyl sites for hydroxylation is 1. The third-order valence-electron chi connectivity index (χ3n) is 3.84. The largest absolute Gasteiger partial charge is 0.372 e. The summed E-state index contributed by atoms with van der Waals surface area (Å²) in [7, 11) is 1.99. The molecular formula is C19H25NO. The monoisotopic (exact) mass is 283 g/mol. The van der Waals surface area contributed by atoms with Crippen LogP contribution < -0.4 is 5.32 Å². The molecule has 0 saturated heterocycles. The van der Waals surface area contributed by atoms with Crippen molar-refractivity contribution in [3.05, 3.63) is 71.3 Å². The van der Waals surface area contributed by atoms with Crippen molar-refractivity contribution in [3.8, 4) is 0 Å². The Bertz CT molecular complexity index is 521. The molecule has 112 valence electrons. The summed E-state index contributed by atoms with van der Waals surface area (Å²) in [5.41, 5.74) is 3.83. The molecule has 0 radical (unpaired) electrons. The van der Waals surface area contributed by atoms with Crippen LogP contribution >= 0.6 is 0 Å². The Labute approximate surface area is 128 Å². The number of hydrogen-bond acceptors (Lipinski definition) is 2. The highest BCUT2D eigenvalue weighted by Gasteiger charge is 2.23. The Morgan fingerprint density at radius 3 is 2.10 bits per heavy atom. The smallest absolute Gasteiger partial charge is 0.102 e. The van der Waals surface area contributed by atoms with E-state index >= 15 is 0 Å². The summed E-state index contributed by atoms with van der Waals surface area (Å²) < 4.78 is 6.03. The van der Waals surface area contributed by atoms with Crippen LogP contribution in [0.3, 0.4) is 0 Å². The number of hydrogen-bond donors (Lipinski definition) is 1. The van der Waals surface area contributed by atoms with E-state index in [0.29, 0.717) is 6.61 Å². The lowest BCUT2D eigenvalue weighted by atomic mass is 9.94. The van der Waals surface area contributed by atoms with Crippen molar-refractivity contribution >= 4 is 0 Å². The summed E-state index contributed by atoms with van der Waals surface area (Å²) in [6.07, 6.45) is 1.09. The summed E-state index contributed by atoms with van der Waals surface area (Å²) in [5.74, 6) is 0. The van der Waals surface area contributed by atoms with E-state index in [-0.39, 0.29) is 12.1 Å². The van der Waals surface area contributed by atoms with Gasteiger partial charge in [-0.25, -0.2) is 0 Å². The summed E-state index contributed by atoms with van der Waals surface area (Å²) in [5, 5.41) is 3.41. The molecule has 2 aromatic carbocycles. The van der Waals surface area contributed by atoms with E-state index in [4.69, 9.17) is 4.74 Å². The standard InChI is InChI=1S/C19H25NO/c1-4-15-11-13-16(14-12-15)18(20-3)19(21-5-2)17-9-7-6-8-10-17/h6-14,18-20H,4-5H2,1-3H3. The Morgan fingerprint density at radius 2 is 1.57 bits per heavy atom. The zero-order valence-electron chi connectivity index (χ0n) is 13.2. The molecule has 0 aliphatic rings. The Kier molecular flexibility index (Phi) is 5.97. The molecule has 1 N–H and O–H groups in total. The van der Waals surface area contributed by atoms with Crippen LogP contribution in [0, 0.1) is 0 Å². The van der Waals surface area contributed by atoms with Crippen molar-refractivity contribution in [1.29, 1.82) is 0 Å². The fraction of sp³-hybridized carbons (Fsp3) is 0.368. The van der Waals surface area contributed by atoms with E-state index in [1.54, 1.807) is 0 Å².